The summed E-state index contributed by atoms with van der Waals surface area (Å²) in [6, 6.07) is 14.5. The first kappa shape index (κ1) is 22.8. The lowest BCUT2D eigenvalue weighted by molar-refractivity contribution is -0.116. The first-order chi connectivity index (χ1) is 15.5. The maximum atomic E-state index is 12.9. The van der Waals surface area contributed by atoms with Crippen LogP contribution in [0.25, 0.3) is 10.2 Å². The van der Waals surface area contributed by atoms with Gasteiger partial charge in [-0.3, -0.25) is 4.79 Å². The van der Waals surface area contributed by atoms with Gasteiger partial charge < -0.3 is 10.2 Å². The standard InChI is InChI=1S/C23H28N4O3S2/c1-2-26-14-16-27(17-15-26)32(29,30)19-12-10-18(11-13-19)24-22(28)8-5-9-23-25-20-6-3-4-7-21(20)31-23/h3-4,6-7,10-13H,2,5,8-9,14-17H2,1H3,(H,24,28). The van der Waals surface area contributed by atoms with Crippen molar-refractivity contribution in [1.29, 1.82) is 0 Å². The largest absolute Gasteiger partial charge is 0.326 e. The smallest absolute Gasteiger partial charge is 0.243 e. The molecule has 1 saturated heterocycles. The molecule has 1 N–H and O–H groups in total. The summed E-state index contributed by atoms with van der Waals surface area (Å²) in [4.78, 5) is 19.4. The molecule has 2 heterocycles. The molecule has 0 radical (unpaired) electrons. The normalized spacial score (nSPS) is 15.8. The van der Waals surface area contributed by atoms with Crippen LogP contribution < -0.4 is 5.32 Å². The molecule has 7 nitrogen and oxygen atoms in total. The maximum Gasteiger partial charge on any atom is 0.243 e. The van der Waals surface area contributed by atoms with Gasteiger partial charge in [-0.1, -0.05) is 19.1 Å². The Morgan fingerprint density at radius 2 is 1.78 bits per heavy atom. The van der Waals surface area contributed by atoms with Crippen LogP contribution in [0.15, 0.2) is 53.4 Å². The Labute approximate surface area is 193 Å². The molecule has 0 saturated carbocycles. The first-order valence-corrected chi connectivity index (χ1v) is 13.2. The third kappa shape index (κ3) is 5.35. The van der Waals surface area contributed by atoms with Crippen molar-refractivity contribution in [2.75, 3.05) is 38.0 Å². The van der Waals surface area contributed by atoms with Crippen LogP contribution in [0.3, 0.4) is 0 Å². The molecule has 0 bridgehead atoms. The molecule has 4 rings (SSSR count). The number of aryl methyl sites for hydroxylation is 1. The summed E-state index contributed by atoms with van der Waals surface area (Å²) in [6.07, 6.45) is 1.86. The highest BCUT2D eigenvalue weighted by atomic mass is 32.2. The number of sulfonamides is 1. The van der Waals surface area contributed by atoms with Gasteiger partial charge in [-0.25, -0.2) is 13.4 Å². The van der Waals surface area contributed by atoms with Crippen LogP contribution in [0.4, 0.5) is 5.69 Å². The topological polar surface area (TPSA) is 82.6 Å². The zero-order valence-electron chi connectivity index (χ0n) is 18.2. The average molecular weight is 473 g/mol. The van der Waals surface area contributed by atoms with Crippen LogP contribution in [0.2, 0.25) is 0 Å². The quantitative estimate of drug-likeness (QED) is 0.542. The minimum Gasteiger partial charge on any atom is -0.326 e. The molecule has 1 aliphatic heterocycles. The third-order valence-corrected chi connectivity index (χ3v) is 8.70. The Balaban J connectivity index is 1.27. The highest BCUT2D eigenvalue weighted by Crippen LogP contribution is 2.23. The maximum absolute atomic E-state index is 12.9. The zero-order valence-corrected chi connectivity index (χ0v) is 19.8. The van der Waals surface area contributed by atoms with E-state index < -0.39 is 10.0 Å². The van der Waals surface area contributed by atoms with Gasteiger partial charge in [-0.05, 0) is 55.8 Å². The Bertz CT molecular complexity index is 1130. The van der Waals surface area contributed by atoms with Crippen molar-refractivity contribution in [2.24, 2.45) is 0 Å². The number of para-hydroxylation sites is 1. The number of carbonyl (C=O) groups is 1. The van der Waals surface area contributed by atoms with Crippen LogP contribution in [0.1, 0.15) is 24.8 Å². The van der Waals surface area contributed by atoms with Crippen molar-refractivity contribution < 1.29 is 13.2 Å². The van der Waals surface area contributed by atoms with Gasteiger partial charge in [0.25, 0.3) is 0 Å². The molecule has 3 aromatic rings. The number of carbonyl (C=O) groups excluding carboxylic acids is 1. The molecule has 2 aromatic carbocycles. The summed E-state index contributed by atoms with van der Waals surface area (Å²) in [5.41, 5.74) is 1.60. The fourth-order valence-electron chi connectivity index (χ4n) is 3.80. The van der Waals surface area contributed by atoms with Crippen molar-refractivity contribution >= 4 is 43.2 Å². The van der Waals surface area contributed by atoms with Gasteiger partial charge in [0.05, 0.1) is 20.1 Å². The Kier molecular flexibility index (Phi) is 7.20. The van der Waals surface area contributed by atoms with E-state index in [2.05, 4.69) is 28.2 Å². The number of piperazine rings is 1. The lowest BCUT2D eigenvalue weighted by Gasteiger charge is -2.33. The minimum atomic E-state index is -3.51. The number of likely N-dealkylation sites (N-methyl/N-ethyl adjacent to an activating group) is 1. The molecule has 9 heteroatoms. The van der Waals surface area contributed by atoms with Crippen LogP contribution in [-0.4, -0.2) is 61.2 Å². The SMILES string of the molecule is CCN1CCN(S(=O)(=O)c2ccc(NC(=O)CCCc3nc4ccccc4s3)cc2)CC1. The number of anilines is 1. The van der Waals surface area contributed by atoms with Gasteiger partial charge in [0.1, 0.15) is 0 Å². The van der Waals surface area contributed by atoms with Crippen molar-refractivity contribution in [3.05, 3.63) is 53.5 Å². The number of hydrogen-bond acceptors (Lipinski definition) is 6. The number of nitrogens with one attached hydrogen (secondary N) is 1. The number of benzene rings is 2. The van der Waals surface area contributed by atoms with Gasteiger partial charge in [0, 0.05) is 38.3 Å². The van der Waals surface area contributed by atoms with Gasteiger partial charge >= 0.3 is 0 Å². The third-order valence-electron chi connectivity index (χ3n) is 5.69. The van der Waals surface area contributed by atoms with E-state index in [0.29, 0.717) is 31.6 Å². The molecule has 0 unspecified atom stereocenters. The predicted molar refractivity (Wildman–Crippen MR) is 129 cm³/mol. The van der Waals surface area contributed by atoms with Crippen LogP contribution in [0, 0.1) is 0 Å². The number of fused-ring (bicyclic) bond motifs is 1. The Hall–Kier alpha value is -2.33. The molecular weight excluding hydrogens is 444 g/mol. The molecular formula is C23H28N4O3S2. The van der Waals surface area contributed by atoms with Crippen molar-refractivity contribution in [2.45, 2.75) is 31.1 Å². The zero-order chi connectivity index (χ0) is 22.6. The molecule has 170 valence electrons. The van der Waals surface area contributed by atoms with E-state index in [1.54, 1.807) is 35.6 Å². The fourth-order valence-corrected chi connectivity index (χ4v) is 6.23. The second-order valence-electron chi connectivity index (χ2n) is 7.84. The number of hydrogen-bond donors (Lipinski definition) is 1. The summed E-state index contributed by atoms with van der Waals surface area (Å²) in [6.45, 7) is 5.52. The van der Waals surface area contributed by atoms with E-state index in [-0.39, 0.29) is 10.8 Å². The van der Waals surface area contributed by atoms with Gasteiger partial charge in [0.2, 0.25) is 15.9 Å². The summed E-state index contributed by atoms with van der Waals surface area (Å²) >= 11 is 1.66. The summed E-state index contributed by atoms with van der Waals surface area (Å²) < 4.78 is 28.4. The van der Waals surface area contributed by atoms with E-state index in [9.17, 15) is 13.2 Å². The summed E-state index contributed by atoms with van der Waals surface area (Å²) in [7, 11) is -3.51. The minimum absolute atomic E-state index is 0.0857. The monoisotopic (exact) mass is 472 g/mol. The van der Waals surface area contributed by atoms with Crippen LogP contribution in [0.5, 0.6) is 0 Å². The van der Waals surface area contributed by atoms with Gasteiger partial charge in [-0.2, -0.15) is 4.31 Å². The molecule has 0 atom stereocenters. The summed E-state index contributed by atoms with van der Waals surface area (Å²) in [5.74, 6) is -0.0857. The van der Waals surface area contributed by atoms with Crippen LogP contribution in [-0.2, 0) is 21.2 Å². The van der Waals surface area contributed by atoms with Gasteiger partial charge in [0.15, 0.2) is 0 Å². The van der Waals surface area contributed by atoms with E-state index in [4.69, 9.17) is 0 Å². The molecule has 0 spiro atoms. The number of thiazole rings is 1. The number of rotatable bonds is 8. The molecule has 1 aromatic heterocycles. The lowest BCUT2D eigenvalue weighted by atomic mass is 10.2. The summed E-state index contributed by atoms with van der Waals surface area (Å²) in [5, 5.41) is 3.89. The van der Waals surface area contributed by atoms with E-state index in [1.807, 2.05) is 18.2 Å². The molecule has 1 aliphatic rings. The lowest BCUT2D eigenvalue weighted by Crippen LogP contribution is -2.48. The van der Waals surface area contributed by atoms with Crippen molar-refractivity contribution in [3.8, 4) is 0 Å². The fraction of sp³-hybridized carbons (Fsp3) is 0.391. The highest BCUT2D eigenvalue weighted by Gasteiger charge is 2.27. The van der Waals surface area contributed by atoms with Crippen molar-refractivity contribution in [3.63, 3.8) is 0 Å². The molecule has 0 aliphatic carbocycles. The number of nitrogens with zero attached hydrogens (tertiary/aromatic N) is 3. The first-order valence-electron chi connectivity index (χ1n) is 10.9. The average Bonchev–Trinajstić information content (AvgIpc) is 3.22. The second kappa shape index (κ2) is 10.1. The molecule has 1 fully saturated rings. The van der Waals surface area contributed by atoms with E-state index in [0.717, 1.165) is 41.3 Å². The number of amides is 1. The van der Waals surface area contributed by atoms with Crippen molar-refractivity contribution in [1.82, 2.24) is 14.2 Å². The van der Waals surface area contributed by atoms with E-state index in [1.165, 1.54) is 4.31 Å². The van der Waals surface area contributed by atoms with Gasteiger partial charge in [-0.15, -0.1) is 11.3 Å². The predicted octanol–water partition coefficient (Wildman–Crippen LogP) is 3.58. The Morgan fingerprint density at radius 3 is 2.47 bits per heavy atom. The van der Waals surface area contributed by atoms with Crippen LogP contribution >= 0.6 is 11.3 Å². The number of aromatic nitrogens is 1. The van der Waals surface area contributed by atoms with E-state index >= 15 is 0 Å². The molecule has 1 amide bonds. The Morgan fingerprint density at radius 1 is 1.06 bits per heavy atom. The second-order valence-corrected chi connectivity index (χ2v) is 10.9. The molecule has 32 heavy (non-hydrogen) atoms. The highest BCUT2D eigenvalue weighted by molar-refractivity contribution is 7.89.